The second kappa shape index (κ2) is 7.87. The summed E-state index contributed by atoms with van der Waals surface area (Å²) < 4.78 is 13.1. The minimum absolute atomic E-state index is 0.0334. The first kappa shape index (κ1) is 18.3. The van der Waals surface area contributed by atoms with E-state index in [9.17, 15) is 9.18 Å². The number of halogens is 1. The topological polar surface area (TPSA) is 90.9 Å². The van der Waals surface area contributed by atoms with Crippen molar-refractivity contribution in [3.05, 3.63) is 58.8 Å². The number of aromatic amines is 1. The lowest BCUT2D eigenvalue weighted by molar-refractivity contribution is 0.0951. The van der Waals surface area contributed by atoms with Crippen molar-refractivity contribution in [2.45, 2.75) is 6.42 Å². The number of rotatable bonds is 6. The van der Waals surface area contributed by atoms with E-state index in [4.69, 9.17) is 5.11 Å². The molecule has 3 heterocycles. The Morgan fingerprint density at radius 3 is 2.82 bits per heavy atom. The molecule has 8 heteroatoms. The SMILES string of the molecule is O=C(NCCCO)c1nc(-c2cnc3[nH]c(-c4ccc(F)cc4)cc3c2)cs1. The van der Waals surface area contributed by atoms with Gasteiger partial charge in [0, 0.05) is 41.4 Å². The zero-order valence-corrected chi connectivity index (χ0v) is 15.6. The number of nitrogens with one attached hydrogen (secondary N) is 2. The summed E-state index contributed by atoms with van der Waals surface area (Å²) in [5, 5.41) is 14.6. The van der Waals surface area contributed by atoms with Crippen molar-refractivity contribution in [1.82, 2.24) is 20.3 Å². The molecule has 3 N–H and O–H groups in total. The van der Waals surface area contributed by atoms with E-state index in [0.717, 1.165) is 27.9 Å². The van der Waals surface area contributed by atoms with Crippen molar-refractivity contribution in [2.24, 2.45) is 0 Å². The normalized spacial score (nSPS) is 11.1. The predicted octanol–water partition coefficient (Wildman–Crippen LogP) is 3.60. The van der Waals surface area contributed by atoms with Gasteiger partial charge >= 0.3 is 0 Å². The molecule has 0 fully saturated rings. The third kappa shape index (κ3) is 3.78. The average Bonchev–Trinajstić information content (AvgIpc) is 3.35. The number of benzene rings is 1. The number of fused-ring (bicyclic) bond motifs is 1. The Morgan fingerprint density at radius 2 is 2.04 bits per heavy atom. The van der Waals surface area contributed by atoms with E-state index in [2.05, 4.69) is 20.3 Å². The summed E-state index contributed by atoms with van der Waals surface area (Å²) >= 11 is 1.26. The number of nitrogens with zero attached hydrogens (tertiary/aromatic N) is 2. The Balaban J connectivity index is 1.58. The highest BCUT2D eigenvalue weighted by Crippen LogP contribution is 2.28. The second-order valence-corrected chi connectivity index (χ2v) is 7.08. The zero-order valence-electron chi connectivity index (χ0n) is 14.8. The number of aliphatic hydroxyl groups excluding tert-OH is 1. The van der Waals surface area contributed by atoms with Crippen molar-refractivity contribution in [3.8, 4) is 22.5 Å². The fourth-order valence-corrected chi connectivity index (χ4v) is 3.55. The van der Waals surface area contributed by atoms with Gasteiger partial charge in [0.15, 0.2) is 5.01 Å². The van der Waals surface area contributed by atoms with Gasteiger partial charge in [-0.1, -0.05) is 0 Å². The molecule has 142 valence electrons. The molecule has 0 unspecified atom stereocenters. The summed E-state index contributed by atoms with van der Waals surface area (Å²) in [6.45, 7) is 0.443. The van der Waals surface area contributed by atoms with E-state index < -0.39 is 0 Å². The first-order valence-electron chi connectivity index (χ1n) is 8.74. The van der Waals surface area contributed by atoms with E-state index in [1.165, 1.54) is 23.5 Å². The lowest BCUT2D eigenvalue weighted by Gasteiger charge is -2.00. The minimum atomic E-state index is -0.278. The predicted molar refractivity (Wildman–Crippen MR) is 107 cm³/mol. The van der Waals surface area contributed by atoms with Crippen LogP contribution in [-0.4, -0.2) is 39.1 Å². The number of thiazole rings is 1. The van der Waals surface area contributed by atoms with Crippen LogP contribution in [-0.2, 0) is 0 Å². The van der Waals surface area contributed by atoms with Crippen LogP contribution in [0.25, 0.3) is 33.5 Å². The van der Waals surface area contributed by atoms with Gasteiger partial charge in [-0.05, 0) is 48.4 Å². The molecule has 1 amide bonds. The van der Waals surface area contributed by atoms with Crippen LogP contribution >= 0.6 is 11.3 Å². The number of aromatic nitrogens is 3. The molecule has 0 spiro atoms. The summed E-state index contributed by atoms with van der Waals surface area (Å²) in [6, 6.07) is 10.2. The molecule has 0 saturated heterocycles. The van der Waals surface area contributed by atoms with Crippen molar-refractivity contribution in [3.63, 3.8) is 0 Å². The lowest BCUT2D eigenvalue weighted by atomic mass is 10.1. The zero-order chi connectivity index (χ0) is 19.5. The molecule has 0 atom stereocenters. The molecule has 28 heavy (non-hydrogen) atoms. The van der Waals surface area contributed by atoms with Crippen LogP contribution in [0.4, 0.5) is 4.39 Å². The van der Waals surface area contributed by atoms with Crippen molar-refractivity contribution in [2.75, 3.05) is 13.2 Å². The van der Waals surface area contributed by atoms with Gasteiger partial charge < -0.3 is 15.4 Å². The molecule has 4 rings (SSSR count). The molecule has 0 radical (unpaired) electrons. The highest BCUT2D eigenvalue weighted by molar-refractivity contribution is 7.12. The van der Waals surface area contributed by atoms with Crippen LogP contribution in [0.1, 0.15) is 16.2 Å². The maximum absolute atomic E-state index is 13.1. The summed E-state index contributed by atoms with van der Waals surface area (Å²) in [4.78, 5) is 24.1. The molecule has 3 aromatic heterocycles. The third-order valence-corrected chi connectivity index (χ3v) is 5.08. The molecule has 0 aliphatic heterocycles. The standard InChI is InChI=1S/C20H17FN4O2S/c21-15-4-2-12(3-5-15)16-9-13-8-14(10-23-18(13)24-16)17-11-28-20(25-17)19(27)22-6-1-7-26/h2-5,8-11,26H,1,6-7H2,(H,22,27)(H,23,24). The maximum atomic E-state index is 13.1. The van der Waals surface area contributed by atoms with Crippen molar-refractivity contribution >= 4 is 28.3 Å². The number of amides is 1. The summed E-state index contributed by atoms with van der Waals surface area (Å²) in [5.41, 5.74) is 3.93. The molecule has 4 aromatic rings. The van der Waals surface area contributed by atoms with Crippen LogP contribution in [0.5, 0.6) is 0 Å². The van der Waals surface area contributed by atoms with Crippen LogP contribution in [0, 0.1) is 5.82 Å². The van der Waals surface area contributed by atoms with Crippen LogP contribution < -0.4 is 5.32 Å². The third-order valence-electron chi connectivity index (χ3n) is 4.24. The number of aliphatic hydroxyl groups is 1. The Kier molecular flexibility index (Phi) is 5.14. The number of H-pyrrole nitrogens is 1. The quantitative estimate of drug-likeness (QED) is 0.434. The number of carbonyl (C=O) groups is 1. The monoisotopic (exact) mass is 396 g/mol. The Morgan fingerprint density at radius 1 is 1.21 bits per heavy atom. The van der Waals surface area contributed by atoms with Gasteiger partial charge in [-0.15, -0.1) is 11.3 Å². The van der Waals surface area contributed by atoms with Gasteiger partial charge in [0.2, 0.25) is 0 Å². The fourth-order valence-electron chi connectivity index (χ4n) is 2.81. The first-order valence-corrected chi connectivity index (χ1v) is 9.61. The van der Waals surface area contributed by atoms with Crippen LogP contribution in [0.2, 0.25) is 0 Å². The van der Waals surface area contributed by atoms with Gasteiger partial charge in [0.25, 0.3) is 5.91 Å². The van der Waals surface area contributed by atoms with Gasteiger partial charge in [0.1, 0.15) is 11.5 Å². The Labute approximate surface area is 164 Å². The largest absolute Gasteiger partial charge is 0.396 e. The van der Waals surface area contributed by atoms with E-state index in [1.54, 1.807) is 18.3 Å². The lowest BCUT2D eigenvalue weighted by Crippen LogP contribution is -2.24. The molecular formula is C20H17FN4O2S. The molecule has 0 saturated carbocycles. The first-order chi connectivity index (χ1) is 13.6. The average molecular weight is 396 g/mol. The van der Waals surface area contributed by atoms with E-state index in [1.807, 2.05) is 17.5 Å². The highest BCUT2D eigenvalue weighted by atomic mass is 32.1. The molecule has 1 aromatic carbocycles. The molecule has 0 aliphatic carbocycles. The fraction of sp³-hybridized carbons (Fsp3) is 0.150. The van der Waals surface area contributed by atoms with Crippen molar-refractivity contribution in [1.29, 1.82) is 0 Å². The number of hydrogen-bond donors (Lipinski definition) is 3. The summed E-state index contributed by atoms with van der Waals surface area (Å²) in [6.07, 6.45) is 2.21. The molecule has 6 nitrogen and oxygen atoms in total. The second-order valence-electron chi connectivity index (χ2n) is 6.22. The highest BCUT2D eigenvalue weighted by Gasteiger charge is 2.13. The van der Waals surface area contributed by atoms with E-state index in [0.29, 0.717) is 23.7 Å². The molecule has 0 bridgehead atoms. The van der Waals surface area contributed by atoms with Gasteiger partial charge in [0.05, 0.1) is 5.69 Å². The van der Waals surface area contributed by atoms with Gasteiger partial charge in [-0.25, -0.2) is 14.4 Å². The Hall–Kier alpha value is -3.10. The van der Waals surface area contributed by atoms with Crippen LogP contribution in [0.15, 0.2) is 48.0 Å². The number of carbonyl (C=O) groups excluding carboxylic acids is 1. The summed E-state index contributed by atoms with van der Waals surface area (Å²) in [5.74, 6) is -0.529. The maximum Gasteiger partial charge on any atom is 0.280 e. The van der Waals surface area contributed by atoms with E-state index in [-0.39, 0.29) is 18.3 Å². The smallest absolute Gasteiger partial charge is 0.280 e. The number of pyridine rings is 1. The van der Waals surface area contributed by atoms with Crippen LogP contribution in [0.3, 0.4) is 0 Å². The molecular weight excluding hydrogens is 379 g/mol. The van der Waals surface area contributed by atoms with Gasteiger partial charge in [-0.3, -0.25) is 4.79 Å². The Bertz CT molecular complexity index is 1120. The van der Waals surface area contributed by atoms with Gasteiger partial charge in [-0.2, -0.15) is 0 Å². The summed E-state index contributed by atoms with van der Waals surface area (Å²) in [7, 11) is 0. The number of hydrogen-bond acceptors (Lipinski definition) is 5. The van der Waals surface area contributed by atoms with E-state index >= 15 is 0 Å². The molecule has 0 aliphatic rings. The van der Waals surface area contributed by atoms with Crippen molar-refractivity contribution < 1.29 is 14.3 Å². The minimum Gasteiger partial charge on any atom is -0.396 e.